The molecule has 1 aliphatic carbocycles. The van der Waals surface area contributed by atoms with Gasteiger partial charge in [-0.1, -0.05) is 41.5 Å². The molecule has 1 aliphatic rings. The molecule has 0 bridgehead atoms. The van der Waals surface area contributed by atoms with Gasteiger partial charge in [0.15, 0.2) is 0 Å². The van der Waals surface area contributed by atoms with Crippen molar-refractivity contribution in [1.82, 2.24) is 5.32 Å². The van der Waals surface area contributed by atoms with E-state index in [1.54, 1.807) is 0 Å². The average Bonchev–Trinajstić information content (AvgIpc) is 2.50. The van der Waals surface area contributed by atoms with Crippen molar-refractivity contribution >= 4 is 11.9 Å². The van der Waals surface area contributed by atoms with E-state index >= 15 is 0 Å². The highest BCUT2D eigenvalue weighted by molar-refractivity contribution is 5.85. The van der Waals surface area contributed by atoms with Gasteiger partial charge in [0.25, 0.3) is 0 Å². The molecule has 22 heavy (non-hydrogen) atoms. The number of carbonyl (C=O) groups is 2. The summed E-state index contributed by atoms with van der Waals surface area (Å²) in [5, 5.41) is 12.3. The largest absolute Gasteiger partial charge is 0.481 e. The smallest absolute Gasteiger partial charge is 0.307 e. The van der Waals surface area contributed by atoms with Gasteiger partial charge in [0.05, 0.1) is 11.8 Å². The lowest BCUT2D eigenvalue weighted by atomic mass is 9.76. The van der Waals surface area contributed by atoms with Crippen molar-refractivity contribution in [3.63, 3.8) is 0 Å². The summed E-state index contributed by atoms with van der Waals surface area (Å²) < 4.78 is 0. The van der Waals surface area contributed by atoms with Gasteiger partial charge in [-0.15, -0.1) is 0 Å². The first-order valence-electron chi connectivity index (χ1n) is 7.68. The Labute approximate surface area is 131 Å². The van der Waals surface area contributed by atoms with Crippen LogP contribution in [0.4, 0.5) is 0 Å². The molecular formula is C18H23NO3. The van der Waals surface area contributed by atoms with Crippen LogP contribution in [0, 0.1) is 11.8 Å². The fourth-order valence-corrected chi connectivity index (χ4v) is 2.93. The number of amides is 1. The van der Waals surface area contributed by atoms with E-state index < -0.39 is 17.8 Å². The molecule has 1 aromatic rings. The number of carboxylic acids is 1. The Morgan fingerprint density at radius 2 is 1.68 bits per heavy atom. The van der Waals surface area contributed by atoms with Gasteiger partial charge in [-0.3, -0.25) is 9.59 Å². The van der Waals surface area contributed by atoms with Crippen molar-refractivity contribution in [2.75, 3.05) is 6.54 Å². The molecule has 2 rings (SSSR count). The number of hydrogen-bond donors (Lipinski definition) is 2. The first-order chi connectivity index (χ1) is 10.5. The lowest BCUT2D eigenvalue weighted by Gasteiger charge is -2.29. The van der Waals surface area contributed by atoms with Crippen molar-refractivity contribution in [3.05, 3.63) is 47.0 Å². The summed E-state index contributed by atoms with van der Waals surface area (Å²) in [5.41, 5.74) is 3.40. The van der Waals surface area contributed by atoms with Crippen LogP contribution < -0.4 is 5.32 Å². The molecule has 1 aromatic carbocycles. The minimum Gasteiger partial charge on any atom is -0.481 e. The number of benzene rings is 1. The Balaban J connectivity index is 1.94. The van der Waals surface area contributed by atoms with Crippen LogP contribution >= 0.6 is 0 Å². The highest BCUT2D eigenvalue weighted by Gasteiger charge is 2.36. The number of carbonyl (C=O) groups excluding carboxylic acids is 1. The second-order valence-electron chi connectivity index (χ2n) is 6.05. The van der Waals surface area contributed by atoms with Crippen LogP contribution in [0.15, 0.2) is 41.5 Å². The predicted octanol–water partition coefficient (Wildman–Crippen LogP) is 2.79. The van der Waals surface area contributed by atoms with E-state index in [-0.39, 0.29) is 5.91 Å². The minimum atomic E-state index is -0.880. The maximum Gasteiger partial charge on any atom is 0.307 e. The second kappa shape index (κ2) is 7.25. The van der Waals surface area contributed by atoms with Crippen molar-refractivity contribution in [1.29, 1.82) is 0 Å². The molecule has 0 spiro atoms. The van der Waals surface area contributed by atoms with E-state index in [0.717, 1.165) is 23.1 Å². The van der Waals surface area contributed by atoms with E-state index in [1.165, 1.54) is 0 Å². The summed E-state index contributed by atoms with van der Waals surface area (Å²) in [6.07, 6.45) is 1.77. The van der Waals surface area contributed by atoms with E-state index in [1.807, 2.05) is 44.2 Å². The number of aliphatic carboxylic acids is 1. The van der Waals surface area contributed by atoms with Crippen LogP contribution in [0.2, 0.25) is 0 Å². The van der Waals surface area contributed by atoms with Crippen molar-refractivity contribution in [3.8, 4) is 0 Å². The fraction of sp³-hybridized carbons (Fsp3) is 0.444. The van der Waals surface area contributed by atoms with E-state index in [2.05, 4.69) is 5.32 Å². The maximum atomic E-state index is 12.4. The quantitative estimate of drug-likeness (QED) is 0.822. The minimum absolute atomic E-state index is 0.143. The van der Waals surface area contributed by atoms with Crippen LogP contribution in [0.1, 0.15) is 32.3 Å². The van der Waals surface area contributed by atoms with E-state index in [0.29, 0.717) is 19.4 Å². The summed E-state index contributed by atoms with van der Waals surface area (Å²) in [5.74, 6) is -2.09. The van der Waals surface area contributed by atoms with Gasteiger partial charge >= 0.3 is 5.97 Å². The van der Waals surface area contributed by atoms with Gasteiger partial charge in [-0.2, -0.15) is 0 Å². The maximum absolute atomic E-state index is 12.4. The molecule has 0 radical (unpaired) electrons. The molecule has 0 saturated carbocycles. The molecule has 0 unspecified atom stereocenters. The number of carboxylic acid groups (broad SMARTS) is 1. The van der Waals surface area contributed by atoms with Crippen molar-refractivity contribution in [2.45, 2.75) is 33.1 Å². The molecule has 4 heteroatoms. The lowest BCUT2D eigenvalue weighted by Crippen LogP contribution is -2.40. The molecule has 2 N–H and O–H groups in total. The topological polar surface area (TPSA) is 66.4 Å². The molecule has 0 heterocycles. The third kappa shape index (κ3) is 3.97. The molecule has 1 amide bonds. The Kier molecular flexibility index (Phi) is 5.36. The third-order valence-corrected chi connectivity index (χ3v) is 4.48. The monoisotopic (exact) mass is 301 g/mol. The highest BCUT2D eigenvalue weighted by Crippen LogP contribution is 2.34. The van der Waals surface area contributed by atoms with Crippen LogP contribution in [0.25, 0.3) is 0 Å². The van der Waals surface area contributed by atoms with E-state index in [9.17, 15) is 14.7 Å². The summed E-state index contributed by atoms with van der Waals surface area (Å²) in [4.78, 5) is 23.8. The van der Waals surface area contributed by atoms with Crippen LogP contribution in [-0.2, 0) is 16.0 Å². The zero-order valence-corrected chi connectivity index (χ0v) is 13.1. The molecule has 0 aliphatic heterocycles. The Hall–Kier alpha value is -2.10. The Morgan fingerprint density at radius 3 is 2.27 bits per heavy atom. The summed E-state index contributed by atoms with van der Waals surface area (Å²) in [6, 6.07) is 9.93. The van der Waals surface area contributed by atoms with Gasteiger partial charge in [-0.05, 0) is 38.7 Å². The fourth-order valence-electron chi connectivity index (χ4n) is 2.93. The molecule has 0 aromatic heterocycles. The zero-order valence-electron chi connectivity index (χ0n) is 13.1. The Morgan fingerprint density at radius 1 is 1.09 bits per heavy atom. The van der Waals surface area contributed by atoms with Crippen LogP contribution in [-0.4, -0.2) is 23.5 Å². The van der Waals surface area contributed by atoms with Crippen molar-refractivity contribution < 1.29 is 14.7 Å². The van der Waals surface area contributed by atoms with Crippen LogP contribution in [0.3, 0.4) is 0 Å². The molecule has 4 nitrogen and oxygen atoms in total. The average molecular weight is 301 g/mol. The predicted molar refractivity (Wildman–Crippen MR) is 85.4 cm³/mol. The SMILES string of the molecule is CC1=C(C)C[C@@H](C(=O)NCCc2ccccc2)[C@@H](C(=O)O)C1. The normalized spacial score (nSPS) is 21.5. The number of rotatable bonds is 5. The standard InChI is InChI=1S/C18H23NO3/c1-12-10-15(16(18(21)22)11-13(12)2)17(20)19-9-8-14-6-4-3-5-7-14/h3-7,15-16H,8-11H2,1-2H3,(H,19,20)(H,21,22)/t15-,16+/m1/s1. The number of hydrogen-bond acceptors (Lipinski definition) is 2. The molecule has 118 valence electrons. The third-order valence-electron chi connectivity index (χ3n) is 4.48. The van der Waals surface area contributed by atoms with Gasteiger partial charge in [-0.25, -0.2) is 0 Å². The number of nitrogens with one attached hydrogen (secondary N) is 1. The Bertz CT molecular complexity index is 577. The zero-order chi connectivity index (χ0) is 16.1. The first-order valence-corrected chi connectivity index (χ1v) is 7.68. The molecule has 0 fully saturated rings. The molecule has 2 atom stereocenters. The second-order valence-corrected chi connectivity index (χ2v) is 6.05. The molecule has 0 saturated heterocycles. The van der Waals surface area contributed by atoms with Gasteiger partial charge in [0, 0.05) is 6.54 Å². The van der Waals surface area contributed by atoms with Crippen molar-refractivity contribution in [2.24, 2.45) is 11.8 Å². The highest BCUT2D eigenvalue weighted by atomic mass is 16.4. The van der Waals surface area contributed by atoms with Gasteiger partial charge in [0.2, 0.25) is 5.91 Å². The summed E-state index contributed by atoms with van der Waals surface area (Å²) in [7, 11) is 0. The van der Waals surface area contributed by atoms with Gasteiger partial charge in [0.1, 0.15) is 0 Å². The summed E-state index contributed by atoms with van der Waals surface area (Å²) >= 11 is 0. The molecular weight excluding hydrogens is 278 g/mol. The lowest BCUT2D eigenvalue weighted by molar-refractivity contribution is -0.147. The van der Waals surface area contributed by atoms with Gasteiger partial charge < -0.3 is 10.4 Å². The number of allylic oxidation sites excluding steroid dienone is 2. The summed E-state index contributed by atoms with van der Waals surface area (Å²) in [6.45, 7) is 4.47. The van der Waals surface area contributed by atoms with Crippen LogP contribution in [0.5, 0.6) is 0 Å². The first kappa shape index (κ1) is 16.3. The van der Waals surface area contributed by atoms with E-state index in [4.69, 9.17) is 0 Å².